The van der Waals surface area contributed by atoms with Gasteiger partial charge < -0.3 is 4.98 Å². The van der Waals surface area contributed by atoms with Crippen LogP contribution in [-0.4, -0.2) is 15.7 Å². The Hall–Kier alpha value is -1.28. The number of hydrogen-bond donors (Lipinski definition) is 1. The highest BCUT2D eigenvalue weighted by Crippen LogP contribution is 2.23. The smallest absolute Gasteiger partial charge is 0.251 e. The average Bonchev–Trinajstić information content (AvgIpc) is 2.18. The number of aromatic nitrogens is 2. The third kappa shape index (κ3) is 4.17. The largest absolute Gasteiger partial charge is 0.301 e. The number of nitrogens with zero attached hydrogens (tertiary/aromatic N) is 2. The van der Waals surface area contributed by atoms with Gasteiger partial charge in [0.25, 0.3) is 5.56 Å². The van der Waals surface area contributed by atoms with Crippen LogP contribution >= 0.6 is 11.8 Å². The summed E-state index contributed by atoms with van der Waals surface area (Å²) < 4.78 is 0. The minimum atomic E-state index is -0.317. The molecule has 0 amide bonds. The zero-order valence-electron chi connectivity index (χ0n) is 8.78. The van der Waals surface area contributed by atoms with E-state index in [0.29, 0.717) is 5.16 Å². The predicted molar refractivity (Wildman–Crippen MR) is 59.6 cm³/mol. The number of rotatable bonds is 4. The molecule has 0 spiro atoms. The Balaban J connectivity index is 2.46. The van der Waals surface area contributed by atoms with Gasteiger partial charge in [-0.1, -0.05) is 11.8 Å². The van der Waals surface area contributed by atoms with Crippen LogP contribution in [0, 0.1) is 16.7 Å². The summed E-state index contributed by atoms with van der Waals surface area (Å²) >= 11 is 1.46. The lowest BCUT2D eigenvalue weighted by atomic mass is 9.93. The molecular weight excluding hydrogens is 210 g/mol. The molecule has 80 valence electrons. The lowest BCUT2D eigenvalue weighted by Gasteiger charge is -2.13. The van der Waals surface area contributed by atoms with E-state index in [1.54, 1.807) is 0 Å². The number of H-pyrrole nitrogens is 1. The summed E-state index contributed by atoms with van der Waals surface area (Å²) in [6.07, 6.45) is 2.25. The second kappa shape index (κ2) is 4.99. The van der Waals surface area contributed by atoms with Crippen molar-refractivity contribution in [2.75, 3.05) is 5.75 Å². The van der Waals surface area contributed by atoms with Crippen LogP contribution in [0.5, 0.6) is 0 Å². The molecule has 1 heterocycles. The van der Waals surface area contributed by atoms with E-state index in [1.165, 1.54) is 24.0 Å². The molecule has 0 aromatic carbocycles. The van der Waals surface area contributed by atoms with Gasteiger partial charge in [0.05, 0.1) is 11.5 Å². The Morgan fingerprint density at radius 3 is 3.00 bits per heavy atom. The molecule has 1 aromatic heterocycles. The maximum atomic E-state index is 10.9. The van der Waals surface area contributed by atoms with Gasteiger partial charge in [0.2, 0.25) is 0 Å². The Labute approximate surface area is 92.7 Å². The summed E-state index contributed by atoms with van der Waals surface area (Å²) in [5.74, 6) is 0.771. The molecule has 1 rings (SSSR count). The van der Waals surface area contributed by atoms with Crippen LogP contribution in [0.25, 0.3) is 0 Å². The van der Waals surface area contributed by atoms with Crippen LogP contribution in [0.4, 0.5) is 0 Å². The molecule has 0 saturated heterocycles. The van der Waals surface area contributed by atoms with Gasteiger partial charge in [0, 0.05) is 18.0 Å². The molecule has 4 nitrogen and oxygen atoms in total. The summed E-state index contributed by atoms with van der Waals surface area (Å²) in [6.45, 7) is 3.80. The topological polar surface area (TPSA) is 69.5 Å². The molecule has 0 aliphatic heterocycles. The summed E-state index contributed by atoms with van der Waals surface area (Å²) in [5.41, 5.74) is -0.464. The number of thioether (sulfide) groups is 1. The molecule has 0 unspecified atom stereocenters. The third-order valence-electron chi connectivity index (χ3n) is 1.92. The fraction of sp³-hybridized carbons (Fsp3) is 0.500. The van der Waals surface area contributed by atoms with Crippen molar-refractivity contribution >= 4 is 11.8 Å². The predicted octanol–water partition coefficient (Wildman–Crippen LogP) is 1.80. The van der Waals surface area contributed by atoms with Crippen molar-refractivity contribution in [3.8, 4) is 6.07 Å². The first-order chi connectivity index (χ1) is 7.03. The first-order valence-corrected chi connectivity index (χ1v) is 5.61. The van der Waals surface area contributed by atoms with E-state index in [9.17, 15) is 4.79 Å². The highest BCUT2D eigenvalue weighted by atomic mass is 32.2. The second-order valence-corrected chi connectivity index (χ2v) is 4.92. The Morgan fingerprint density at radius 1 is 1.67 bits per heavy atom. The van der Waals surface area contributed by atoms with E-state index in [-0.39, 0.29) is 11.0 Å². The van der Waals surface area contributed by atoms with Crippen LogP contribution in [0.1, 0.15) is 20.3 Å². The highest BCUT2D eigenvalue weighted by molar-refractivity contribution is 7.99. The van der Waals surface area contributed by atoms with Gasteiger partial charge in [0.15, 0.2) is 5.16 Å². The van der Waals surface area contributed by atoms with Gasteiger partial charge in [0.1, 0.15) is 0 Å². The summed E-state index contributed by atoms with van der Waals surface area (Å²) in [5, 5.41) is 9.41. The van der Waals surface area contributed by atoms with E-state index in [4.69, 9.17) is 5.26 Å². The van der Waals surface area contributed by atoms with E-state index >= 15 is 0 Å². The fourth-order valence-electron chi connectivity index (χ4n) is 0.884. The number of aromatic amines is 1. The van der Waals surface area contributed by atoms with E-state index in [1.807, 2.05) is 13.8 Å². The maximum absolute atomic E-state index is 10.9. The quantitative estimate of drug-likeness (QED) is 0.624. The van der Waals surface area contributed by atoms with Crippen LogP contribution in [0.15, 0.2) is 22.2 Å². The molecule has 1 N–H and O–H groups in total. The van der Waals surface area contributed by atoms with Crippen LogP contribution < -0.4 is 5.56 Å². The molecule has 1 aromatic rings. The summed E-state index contributed by atoms with van der Waals surface area (Å²) in [6, 6.07) is 3.61. The molecule has 15 heavy (non-hydrogen) atoms. The van der Waals surface area contributed by atoms with Crippen molar-refractivity contribution in [1.29, 1.82) is 5.26 Å². The number of nitrogens with one attached hydrogen (secondary N) is 1. The Morgan fingerprint density at radius 2 is 2.40 bits per heavy atom. The lowest BCUT2D eigenvalue weighted by Crippen LogP contribution is -2.10. The van der Waals surface area contributed by atoms with Crippen molar-refractivity contribution in [2.45, 2.75) is 25.4 Å². The number of hydrogen-bond acceptors (Lipinski definition) is 4. The third-order valence-corrected chi connectivity index (χ3v) is 2.81. The van der Waals surface area contributed by atoms with Gasteiger partial charge in [-0.05, 0) is 20.3 Å². The minimum Gasteiger partial charge on any atom is -0.301 e. The molecule has 0 radical (unpaired) electrons. The van der Waals surface area contributed by atoms with Crippen molar-refractivity contribution in [1.82, 2.24) is 9.97 Å². The molecule has 5 heteroatoms. The lowest BCUT2D eigenvalue weighted by molar-refractivity contribution is 0.482. The van der Waals surface area contributed by atoms with E-state index < -0.39 is 0 Å². The van der Waals surface area contributed by atoms with Gasteiger partial charge in [-0.25, -0.2) is 4.98 Å². The second-order valence-electron chi connectivity index (χ2n) is 3.83. The molecule has 0 bridgehead atoms. The Kier molecular flexibility index (Phi) is 3.92. The van der Waals surface area contributed by atoms with Crippen LogP contribution in [0.3, 0.4) is 0 Å². The highest BCUT2D eigenvalue weighted by Gasteiger charge is 2.16. The van der Waals surface area contributed by atoms with Gasteiger partial charge in [-0.15, -0.1) is 0 Å². The summed E-state index contributed by atoms with van der Waals surface area (Å²) in [7, 11) is 0. The zero-order valence-corrected chi connectivity index (χ0v) is 9.60. The monoisotopic (exact) mass is 223 g/mol. The molecule has 0 saturated carbocycles. The van der Waals surface area contributed by atoms with Crippen LogP contribution in [0.2, 0.25) is 0 Å². The average molecular weight is 223 g/mol. The molecular formula is C10H13N3OS. The molecule has 0 aliphatic rings. The van der Waals surface area contributed by atoms with Crippen molar-refractivity contribution in [3.63, 3.8) is 0 Å². The van der Waals surface area contributed by atoms with Gasteiger partial charge in [-0.2, -0.15) is 5.26 Å². The van der Waals surface area contributed by atoms with Crippen molar-refractivity contribution in [2.24, 2.45) is 5.41 Å². The standard InChI is InChI=1S/C10H13N3OS/c1-10(2,7-11)4-6-15-9-12-5-3-8(14)13-9/h3,5H,4,6H2,1-2H3,(H,12,13,14). The zero-order chi connectivity index (χ0) is 11.3. The molecule has 0 atom stereocenters. The van der Waals surface area contributed by atoms with E-state index in [2.05, 4.69) is 16.0 Å². The first kappa shape index (κ1) is 11.8. The SMILES string of the molecule is CC(C)(C#N)CCSc1nccc(=O)[nH]1. The summed E-state index contributed by atoms with van der Waals surface area (Å²) in [4.78, 5) is 17.6. The normalized spacial score (nSPS) is 11.0. The minimum absolute atomic E-state index is 0.146. The van der Waals surface area contributed by atoms with Gasteiger partial charge in [-0.3, -0.25) is 4.79 Å². The Bertz CT molecular complexity index is 419. The molecule has 0 fully saturated rings. The maximum Gasteiger partial charge on any atom is 0.251 e. The van der Waals surface area contributed by atoms with Crippen molar-refractivity contribution < 1.29 is 0 Å². The van der Waals surface area contributed by atoms with Gasteiger partial charge >= 0.3 is 0 Å². The first-order valence-electron chi connectivity index (χ1n) is 4.63. The molecule has 0 aliphatic carbocycles. The fourth-order valence-corrected chi connectivity index (χ4v) is 2.00. The van der Waals surface area contributed by atoms with Crippen LogP contribution in [-0.2, 0) is 0 Å². The van der Waals surface area contributed by atoms with Crippen molar-refractivity contribution in [3.05, 3.63) is 22.6 Å². The van der Waals surface area contributed by atoms with E-state index in [0.717, 1.165) is 12.2 Å². The number of nitriles is 1.